The predicted octanol–water partition coefficient (Wildman–Crippen LogP) is 1.69. The van der Waals surface area contributed by atoms with Gasteiger partial charge in [-0.15, -0.1) is 0 Å². The zero-order valence-corrected chi connectivity index (χ0v) is 8.42. The molecule has 4 nitrogen and oxygen atoms in total. The van der Waals surface area contributed by atoms with Gasteiger partial charge in [-0.3, -0.25) is 14.2 Å². The minimum absolute atomic E-state index is 0.0333. The summed E-state index contributed by atoms with van der Waals surface area (Å²) in [4.78, 5) is 18.7. The highest BCUT2D eigenvalue weighted by atomic mass is 16.1. The molecule has 16 heavy (non-hydrogen) atoms. The summed E-state index contributed by atoms with van der Waals surface area (Å²) < 4.78 is 1.59. The molecule has 0 saturated heterocycles. The maximum absolute atomic E-state index is 11.6. The van der Waals surface area contributed by atoms with Crippen molar-refractivity contribution in [2.24, 2.45) is 0 Å². The normalized spacial score (nSPS) is 10.8. The second-order valence-electron chi connectivity index (χ2n) is 3.52. The van der Waals surface area contributed by atoms with Gasteiger partial charge in [-0.1, -0.05) is 6.07 Å². The Morgan fingerprint density at radius 1 is 1.12 bits per heavy atom. The van der Waals surface area contributed by atoms with E-state index in [-0.39, 0.29) is 5.56 Å². The highest BCUT2D eigenvalue weighted by Crippen LogP contribution is 2.16. The Balaban J connectivity index is 2.28. The molecule has 0 saturated carbocycles. The average molecular weight is 211 g/mol. The van der Waals surface area contributed by atoms with Crippen LogP contribution in [0.4, 0.5) is 0 Å². The highest BCUT2D eigenvalue weighted by molar-refractivity contribution is 5.61. The number of H-pyrrole nitrogens is 1. The molecule has 0 aliphatic rings. The van der Waals surface area contributed by atoms with Crippen molar-refractivity contribution >= 4 is 5.65 Å². The quantitative estimate of drug-likeness (QED) is 0.665. The lowest BCUT2D eigenvalue weighted by atomic mass is 10.2. The third-order valence-corrected chi connectivity index (χ3v) is 2.50. The SMILES string of the molecule is O=c1cccc2[nH]c(-c3ccncc3)cn12. The Bertz CT molecular complexity index is 682. The molecule has 3 rings (SSSR count). The first-order valence-electron chi connectivity index (χ1n) is 4.95. The van der Waals surface area contributed by atoms with Gasteiger partial charge in [-0.05, 0) is 18.2 Å². The number of hydrogen-bond acceptors (Lipinski definition) is 2. The third kappa shape index (κ3) is 1.32. The van der Waals surface area contributed by atoms with Gasteiger partial charge in [-0.2, -0.15) is 0 Å². The monoisotopic (exact) mass is 211 g/mol. The van der Waals surface area contributed by atoms with Gasteiger partial charge in [0, 0.05) is 30.2 Å². The number of rotatable bonds is 1. The number of fused-ring (bicyclic) bond motifs is 1. The van der Waals surface area contributed by atoms with E-state index in [1.165, 1.54) is 6.07 Å². The fraction of sp³-hybridized carbons (Fsp3) is 0. The van der Waals surface area contributed by atoms with Crippen LogP contribution in [0.25, 0.3) is 16.9 Å². The number of aromatic nitrogens is 3. The molecular weight excluding hydrogens is 202 g/mol. The van der Waals surface area contributed by atoms with E-state index in [4.69, 9.17) is 0 Å². The van der Waals surface area contributed by atoms with E-state index in [2.05, 4.69) is 9.97 Å². The summed E-state index contributed by atoms with van der Waals surface area (Å²) in [6.07, 6.45) is 5.25. The zero-order valence-electron chi connectivity index (χ0n) is 8.42. The third-order valence-electron chi connectivity index (χ3n) is 2.50. The van der Waals surface area contributed by atoms with Crippen molar-refractivity contribution in [1.29, 1.82) is 0 Å². The topological polar surface area (TPSA) is 50.2 Å². The molecule has 3 heterocycles. The number of hydrogen-bond donors (Lipinski definition) is 1. The molecule has 1 N–H and O–H groups in total. The summed E-state index contributed by atoms with van der Waals surface area (Å²) in [6, 6.07) is 8.94. The van der Waals surface area contributed by atoms with Crippen molar-refractivity contribution in [3.05, 3.63) is 59.3 Å². The van der Waals surface area contributed by atoms with E-state index in [0.29, 0.717) is 0 Å². The Labute approximate surface area is 91.2 Å². The van der Waals surface area contributed by atoms with Crippen LogP contribution in [0, 0.1) is 0 Å². The van der Waals surface area contributed by atoms with Crippen molar-refractivity contribution in [3.63, 3.8) is 0 Å². The van der Waals surface area contributed by atoms with Gasteiger partial charge in [0.1, 0.15) is 5.65 Å². The highest BCUT2D eigenvalue weighted by Gasteiger charge is 2.02. The lowest BCUT2D eigenvalue weighted by molar-refractivity contribution is 1.11. The number of pyridine rings is 2. The minimum Gasteiger partial charge on any atom is -0.340 e. The molecule has 0 radical (unpaired) electrons. The first-order valence-corrected chi connectivity index (χ1v) is 4.95. The molecule has 0 unspecified atom stereocenters. The van der Waals surface area contributed by atoms with Gasteiger partial charge >= 0.3 is 0 Å². The van der Waals surface area contributed by atoms with Gasteiger partial charge in [0.05, 0.1) is 5.69 Å². The fourth-order valence-corrected chi connectivity index (χ4v) is 1.71. The fourth-order valence-electron chi connectivity index (χ4n) is 1.71. The Kier molecular flexibility index (Phi) is 1.86. The Hall–Kier alpha value is -2.36. The van der Waals surface area contributed by atoms with Crippen LogP contribution in [-0.2, 0) is 0 Å². The van der Waals surface area contributed by atoms with Crippen molar-refractivity contribution in [1.82, 2.24) is 14.4 Å². The molecule has 0 spiro atoms. The van der Waals surface area contributed by atoms with Gasteiger partial charge in [-0.25, -0.2) is 0 Å². The van der Waals surface area contributed by atoms with E-state index >= 15 is 0 Å². The van der Waals surface area contributed by atoms with E-state index in [9.17, 15) is 4.79 Å². The van der Waals surface area contributed by atoms with Gasteiger partial charge in [0.15, 0.2) is 0 Å². The molecular formula is C12H9N3O. The van der Waals surface area contributed by atoms with Crippen molar-refractivity contribution < 1.29 is 0 Å². The molecule has 0 aliphatic heterocycles. The van der Waals surface area contributed by atoms with E-state index in [1.54, 1.807) is 29.1 Å². The summed E-state index contributed by atoms with van der Waals surface area (Å²) >= 11 is 0. The molecule has 0 bridgehead atoms. The molecule has 0 fully saturated rings. The van der Waals surface area contributed by atoms with Gasteiger partial charge < -0.3 is 4.98 Å². The van der Waals surface area contributed by atoms with Crippen LogP contribution < -0.4 is 5.56 Å². The summed E-state index contributed by atoms with van der Waals surface area (Å²) in [5, 5.41) is 0. The van der Waals surface area contributed by atoms with E-state index in [1.807, 2.05) is 18.2 Å². The number of imidazole rings is 1. The summed E-state index contributed by atoms with van der Waals surface area (Å²) in [5.74, 6) is 0. The van der Waals surface area contributed by atoms with Gasteiger partial charge in [0.25, 0.3) is 5.56 Å². The minimum atomic E-state index is -0.0333. The van der Waals surface area contributed by atoms with Crippen LogP contribution in [0.3, 0.4) is 0 Å². The second kappa shape index (κ2) is 3.34. The molecule has 0 aromatic carbocycles. The lowest BCUT2D eigenvalue weighted by Crippen LogP contribution is -2.08. The maximum Gasteiger partial charge on any atom is 0.256 e. The van der Waals surface area contributed by atoms with E-state index in [0.717, 1.165) is 16.9 Å². The molecule has 0 amide bonds. The average Bonchev–Trinajstić information content (AvgIpc) is 2.76. The van der Waals surface area contributed by atoms with Crippen LogP contribution in [0.1, 0.15) is 0 Å². The molecule has 0 aliphatic carbocycles. The van der Waals surface area contributed by atoms with Gasteiger partial charge in [0.2, 0.25) is 0 Å². The summed E-state index contributed by atoms with van der Waals surface area (Å²) in [6.45, 7) is 0. The molecule has 4 heteroatoms. The van der Waals surface area contributed by atoms with Crippen molar-refractivity contribution in [3.8, 4) is 11.3 Å². The van der Waals surface area contributed by atoms with E-state index < -0.39 is 0 Å². The van der Waals surface area contributed by atoms with Crippen molar-refractivity contribution in [2.45, 2.75) is 0 Å². The lowest BCUT2D eigenvalue weighted by Gasteiger charge is -1.93. The largest absolute Gasteiger partial charge is 0.340 e. The summed E-state index contributed by atoms with van der Waals surface area (Å²) in [7, 11) is 0. The van der Waals surface area contributed by atoms with Crippen LogP contribution in [0.15, 0.2) is 53.7 Å². The molecule has 3 aromatic rings. The van der Waals surface area contributed by atoms with Crippen LogP contribution in [0.5, 0.6) is 0 Å². The molecule has 0 atom stereocenters. The maximum atomic E-state index is 11.6. The van der Waals surface area contributed by atoms with Crippen LogP contribution in [0.2, 0.25) is 0 Å². The van der Waals surface area contributed by atoms with Crippen LogP contribution in [-0.4, -0.2) is 14.4 Å². The molecule has 78 valence electrons. The standard InChI is InChI=1S/C12H9N3O/c16-12-3-1-2-11-14-10(8-15(11)12)9-4-6-13-7-5-9/h1-8,14H. The van der Waals surface area contributed by atoms with Crippen molar-refractivity contribution in [2.75, 3.05) is 0 Å². The number of aromatic amines is 1. The number of nitrogens with zero attached hydrogens (tertiary/aromatic N) is 2. The Morgan fingerprint density at radius 2 is 1.94 bits per heavy atom. The summed E-state index contributed by atoms with van der Waals surface area (Å²) in [5.41, 5.74) is 2.68. The smallest absolute Gasteiger partial charge is 0.256 e. The number of nitrogens with one attached hydrogen (secondary N) is 1. The van der Waals surface area contributed by atoms with Crippen LogP contribution >= 0.6 is 0 Å². The second-order valence-corrected chi connectivity index (χ2v) is 3.52. The molecule has 3 aromatic heterocycles. The first kappa shape index (κ1) is 8.91. The first-order chi connectivity index (χ1) is 7.84. The zero-order chi connectivity index (χ0) is 11.0. The predicted molar refractivity (Wildman–Crippen MR) is 61.2 cm³/mol. The Morgan fingerprint density at radius 3 is 2.69 bits per heavy atom.